The number of piperazine rings is 3. The van der Waals surface area contributed by atoms with Gasteiger partial charge in [-0.05, 0) is 125 Å². The Kier molecular flexibility index (Phi) is 19.9. The molecule has 510 valence electrons. The van der Waals surface area contributed by atoms with Gasteiger partial charge in [-0.2, -0.15) is 15.0 Å². The molecule has 6 aliphatic rings. The number of pyridine rings is 3. The number of benzene rings is 3. The highest BCUT2D eigenvalue weighted by molar-refractivity contribution is 5.76. The van der Waals surface area contributed by atoms with Crippen molar-refractivity contribution < 1.29 is 27.4 Å². The lowest BCUT2D eigenvalue weighted by molar-refractivity contribution is 0.271. The molecular weight excluding hydrogens is 1260 g/mol. The van der Waals surface area contributed by atoms with Crippen LogP contribution in [-0.4, -0.2) is 147 Å². The standard InChI is InChI=1S/C25H28FN7O.C24H26FN7O.C23H24FN7O/c1-3-32-8-10-33(11-9-32)18-5-7-21(28-14-18)31-24-23(27)25(30-15-29-24)34-20-6-4-17-12-16(2)13-19(17)22(20)26;1-15-11-16-3-5-19(21(25)18(16)12-15)33-24-22(26)23(28-14-29-24)30-20-6-4-17(13-27-20)32-9-7-31(2)8-10-32;1-14-10-15-2-4-18(20(24)17(15)11-14)32-23-21(25)22(28-13-29-23)30-19-5-3-16(12-27-19)31-8-6-26-7-9-31/h4-7,13-15H,3,8-12,27H2,1-2H3,(H,28,29,30,31);3-6,12-14H,7-11,26H2,1-2H3,(H,27,28,29,30);2-5,11-13,26H,6-10,25H2,1H3,(H,27,28,29,30). The maximum Gasteiger partial charge on any atom is 0.248 e. The van der Waals surface area contributed by atoms with E-state index in [2.05, 4.69) is 105 Å². The molecule has 99 heavy (non-hydrogen) atoms. The van der Waals surface area contributed by atoms with Gasteiger partial charge in [-0.3, -0.25) is 0 Å². The SMILES string of the molecule is CC1=Cc2c(ccc(Oc3ncnc(Nc4ccc(N5CCN(C)CC5)cn4)c3N)c2F)C1.CC1=Cc2c(ccc(Oc3ncnc(Nc4ccc(N5CCNCC5)cn4)c3N)c2F)C1.CCN1CCN(c2ccc(Nc3ncnc(Oc4ccc5c(c4F)C=C(C)C5)c3N)nc2)CC1. The van der Waals surface area contributed by atoms with Gasteiger partial charge >= 0.3 is 0 Å². The second-order valence-electron chi connectivity index (χ2n) is 25.0. The lowest BCUT2D eigenvalue weighted by Gasteiger charge is -2.35. The molecule has 9 heterocycles. The Morgan fingerprint density at radius 3 is 1.08 bits per heavy atom. The molecule has 9 aromatic rings. The summed E-state index contributed by atoms with van der Waals surface area (Å²) in [5.41, 5.74) is 30.3. The van der Waals surface area contributed by atoms with Crippen LogP contribution in [0, 0.1) is 17.5 Å². The molecule has 24 nitrogen and oxygen atoms in total. The van der Waals surface area contributed by atoms with Crippen molar-refractivity contribution in [2.75, 3.05) is 140 Å². The molecule has 3 aromatic carbocycles. The van der Waals surface area contributed by atoms with Gasteiger partial charge in [0.2, 0.25) is 17.6 Å². The van der Waals surface area contributed by atoms with Gasteiger partial charge in [-0.1, -0.05) is 60.1 Å². The van der Waals surface area contributed by atoms with Crippen LogP contribution < -0.4 is 67.4 Å². The third-order valence-corrected chi connectivity index (χ3v) is 18.0. The molecule has 3 saturated heterocycles. The predicted octanol–water partition coefficient (Wildman–Crippen LogP) is 11.6. The lowest BCUT2D eigenvalue weighted by atomic mass is 10.1. The molecule has 3 aliphatic heterocycles. The maximum atomic E-state index is 15.0. The zero-order valence-corrected chi connectivity index (χ0v) is 55.8. The first kappa shape index (κ1) is 66.5. The number of halogens is 3. The van der Waals surface area contributed by atoms with E-state index in [1.54, 1.807) is 18.2 Å². The van der Waals surface area contributed by atoms with E-state index in [0.29, 0.717) is 51.6 Å². The molecule has 0 atom stereocenters. The third-order valence-electron chi connectivity index (χ3n) is 18.0. The zero-order valence-electron chi connectivity index (χ0n) is 55.8. The van der Waals surface area contributed by atoms with Crippen LogP contribution in [-0.2, 0) is 19.3 Å². The summed E-state index contributed by atoms with van der Waals surface area (Å²) < 4.78 is 62.0. The van der Waals surface area contributed by atoms with Crippen molar-refractivity contribution in [3.05, 3.63) is 178 Å². The molecular formula is C72H78F3N21O3. The Labute approximate surface area is 571 Å². The van der Waals surface area contributed by atoms with E-state index in [1.165, 1.54) is 19.0 Å². The fourth-order valence-electron chi connectivity index (χ4n) is 12.4. The van der Waals surface area contributed by atoms with Crippen LogP contribution in [0.2, 0.25) is 0 Å². The summed E-state index contributed by atoms with van der Waals surface area (Å²) in [5.74, 6) is 2.02. The number of anilines is 12. The monoisotopic (exact) mass is 1340 g/mol. The van der Waals surface area contributed by atoms with Gasteiger partial charge in [-0.15, -0.1) is 0 Å². The van der Waals surface area contributed by atoms with E-state index in [9.17, 15) is 13.2 Å². The van der Waals surface area contributed by atoms with Crippen LogP contribution in [0.25, 0.3) is 18.2 Å². The van der Waals surface area contributed by atoms with Crippen LogP contribution in [0.1, 0.15) is 61.1 Å². The molecule has 0 radical (unpaired) electrons. The number of hydrogen-bond acceptors (Lipinski definition) is 24. The largest absolute Gasteiger partial charge is 0.434 e. The molecule has 0 bridgehead atoms. The van der Waals surface area contributed by atoms with Crippen LogP contribution >= 0.6 is 0 Å². The molecule has 27 heteroatoms. The smallest absolute Gasteiger partial charge is 0.248 e. The zero-order chi connectivity index (χ0) is 68.7. The Morgan fingerprint density at radius 2 is 0.758 bits per heavy atom. The molecule has 3 aliphatic carbocycles. The van der Waals surface area contributed by atoms with Crippen molar-refractivity contribution >= 4 is 87.3 Å². The number of hydrogen-bond donors (Lipinski definition) is 7. The van der Waals surface area contributed by atoms with Crippen LogP contribution in [0.15, 0.2) is 127 Å². The minimum absolute atomic E-state index is 0.0737. The van der Waals surface area contributed by atoms with Crippen molar-refractivity contribution in [1.29, 1.82) is 0 Å². The average Bonchev–Trinajstić information content (AvgIpc) is 1.86. The highest BCUT2D eigenvalue weighted by atomic mass is 19.1. The first-order chi connectivity index (χ1) is 48.1. The molecule has 15 rings (SSSR count). The van der Waals surface area contributed by atoms with E-state index < -0.39 is 17.5 Å². The second-order valence-corrected chi connectivity index (χ2v) is 25.0. The topological polar surface area (TPSA) is 286 Å². The van der Waals surface area contributed by atoms with Gasteiger partial charge in [0, 0.05) is 95.2 Å². The van der Waals surface area contributed by atoms with E-state index >= 15 is 0 Å². The van der Waals surface area contributed by atoms with Crippen LogP contribution in [0.3, 0.4) is 0 Å². The first-order valence-corrected chi connectivity index (χ1v) is 32.9. The van der Waals surface area contributed by atoms with Gasteiger partial charge in [0.25, 0.3) is 0 Å². The Bertz CT molecular complexity index is 4500. The number of allylic oxidation sites excluding steroid dienone is 3. The van der Waals surface area contributed by atoms with Crippen molar-refractivity contribution in [3.63, 3.8) is 0 Å². The number of likely N-dealkylation sites (N-methyl/N-ethyl adjacent to an activating group) is 2. The van der Waals surface area contributed by atoms with Gasteiger partial charge in [0.1, 0.15) is 53.5 Å². The number of aromatic nitrogens is 9. The van der Waals surface area contributed by atoms with Gasteiger partial charge in [-0.25, -0.2) is 43.1 Å². The minimum Gasteiger partial charge on any atom is -0.434 e. The number of fused-ring (bicyclic) bond motifs is 3. The molecule has 0 saturated carbocycles. The first-order valence-electron chi connectivity index (χ1n) is 32.9. The quantitative estimate of drug-likeness (QED) is 0.0473. The summed E-state index contributed by atoms with van der Waals surface area (Å²) in [6.07, 6.45) is 17.2. The molecule has 0 spiro atoms. The van der Waals surface area contributed by atoms with Gasteiger partial charge in [0.15, 0.2) is 52.2 Å². The summed E-state index contributed by atoms with van der Waals surface area (Å²) in [6, 6.07) is 22.1. The summed E-state index contributed by atoms with van der Waals surface area (Å²) in [7, 11) is 2.13. The highest BCUT2D eigenvalue weighted by Crippen LogP contribution is 2.41. The molecule has 10 N–H and O–H groups in total. The van der Waals surface area contributed by atoms with Gasteiger partial charge in [0.05, 0.1) is 35.7 Å². The Balaban J connectivity index is 0.000000133. The van der Waals surface area contributed by atoms with Crippen molar-refractivity contribution in [2.45, 2.75) is 47.0 Å². The van der Waals surface area contributed by atoms with Crippen molar-refractivity contribution in [3.8, 4) is 34.9 Å². The number of nitrogens with two attached hydrogens (primary N) is 3. The minimum atomic E-state index is -0.419. The third kappa shape index (κ3) is 15.3. The number of ether oxygens (including phenoxy) is 3. The average molecular weight is 1340 g/mol. The maximum absolute atomic E-state index is 15.0. The second kappa shape index (κ2) is 29.7. The molecule has 0 unspecified atom stereocenters. The fourth-order valence-corrected chi connectivity index (χ4v) is 12.4. The summed E-state index contributed by atoms with van der Waals surface area (Å²) in [4.78, 5) is 50.0. The number of nitrogens with zero attached hydrogens (tertiary/aromatic N) is 14. The van der Waals surface area contributed by atoms with Crippen LogP contribution in [0.4, 0.5) is 82.2 Å². The fraction of sp³-hybridized carbons (Fsp3) is 0.292. The summed E-state index contributed by atoms with van der Waals surface area (Å²) in [6.45, 7) is 21.1. The van der Waals surface area contributed by atoms with Crippen LogP contribution in [0.5, 0.6) is 34.9 Å². The molecule has 6 aromatic heterocycles. The van der Waals surface area contributed by atoms with Crippen molar-refractivity contribution in [1.82, 2.24) is 60.0 Å². The van der Waals surface area contributed by atoms with E-state index in [1.807, 2.05) is 112 Å². The number of nitrogen functional groups attached to an aromatic ring is 3. The molecule has 3 fully saturated rings. The van der Waals surface area contributed by atoms with Gasteiger partial charge < -0.3 is 77.2 Å². The lowest BCUT2D eigenvalue weighted by Crippen LogP contribution is -2.46. The predicted molar refractivity (Wildman–Crippen MR) is 382 cm³/mol. The van der Waals surface area contributed by atoms with Crippen molar-refractivity contribution in [2.24, 2.45) is 0 Å². The normalized spacial score (nSPS) is 15.6. The van der Waals surface area contributed by atoms with E-state index in [4.69, 9.17) is 31.4 Å². The van der Waals surface area contributed by atoms with E-state index in [-0.39, 0.29) is 52.0 Å². The molecule has 0 amide bonds. The Hall–Kier alpha value is -11.2. The van der Waals surface area contributed by atoms with E-state index in [0.717, 1.165) is 155 Å². The summed E-state index contributed by atoms with van der Waals surface area (Å²) >= 11 is 0. The Morgan fingerprint density at radius 1 is 0.424 bits per heavy atom. The highest BCUT2D eigenvalue weighted by Gasteiger charge is 2.25. The number of nitrogens with one attached hydrogen (secondary N) is 4. The number of rotatable bonds is 16. The summed E-state index contributed by atoms with van der Waals surface area (Å²) in [5, 5.41) is 12.6.